The van der Waals surface area contributed by atoms with Crippen molar-refractivity contribution >= 4 is 0 Å². The van der Waals surface area contributed by atoms with Crippen molar-refractivity contribution < 1.29 is 4.74 Å². The van der Waals surface area contributed by atoms with Crippen molar-refractivity contribution in [1.82, 2.24) is 4.90 Å². The summed E-state index contributed by atoms with van der Waals surface area (Å²) in [6, 6.07) is 0. The molecule has 1 unspecified atom stereocenters. The molecule has 1 saturated heterocycles. The van der Waals surface area contributed by atoms with Crippen LogP contribution in [-0.2, 0) is 4.74 Å². The summed E-state index contributed by atoms with van der Waals surface area (Å²) in [5.74, 6) is 0.769. The van der Waals surface area contributed by atoms with E-state index in [2.05, 4.69) is 4.90 Å². The fourth-order valence-corrected chi connectivity index (χ4v) is 2.74. The maximum atomic E-state index is 5.48. The Bertz CT molecular complexity index is 174. The molecule has 3 nitrogen and oxygen atoms in total. The van der Waals surface area contributed by atoms with Gasteiger partial charge in [0, 0.05) is 13.7 Å². The first kappa shape index (κ1) is 14.9. The van der Waals surface area contributed by atoms with Crippen LogP contribution in [0.3, 0.4) is 0 Å². The Morgan fingerprint density at radius 2 is 1.94 bits per heavy atom. The molecular weight excluding hydrogens is 212 g/mol. The van der Waals surface area contributed by atoms with Gasteiger partial charge >= 0.3 is 0 Å². The van der Waals surface area contributed by atoms with E-state index >= 15 is 0 Å². The molecule has 0 saturated carbocycles. The number of rotatable bonds is 9. The smallest absolute Gasteiger partial charge is 0.0502 e. The van der Waals surface area contributed by atoms with Crippen molar-refractivity contribution in [3.8, 4) is 0 Å². The van der Waals surface area contributed by atoms with Gasteiger partial charge < -0.3 is 15.4 Å². The van der Waals surface area contributed by atoms with E-state index in [0.717, 1.165) is 19.1 Å². The fraction of sp³-hybridized carbons (Fsp3) is 1.00. The van der Waals surface area contributed by atoms with E-state index in [-0.39, 0.29) is 0 Å². The number of piperidine rings is 1. The fourth-order valence-electron chi connectivity index (χ4n) is 2.74. The van der Waals surface area contributed by atoms with Crippen LogP contribution < -0.4 is 5.73 Å². The highest BCUT2D eigenvalue weighted by molar-refractivity contribution is 4.72. The lowest BCUT2D eigenvalue weighted by atomic mass is 9.98. The molecule has 0 amide bonds. The molecule has 0 aliphatic carbocycles. The molecule has 1 atom stereocenters. The minimum atomic E-state index is 0.769. The quantitative estimate of drug-likeness (QED) is 0.630. The first-order valence-corrected chi connectivity index (χ1v) is 7.28. The Hall–Kier alpha value is -0.120. The molecule has 1 rings (SSSR count). The predicted octanol–water partition coefficient (Wildman–Crippen LogP) is 2.25. The van der Waals surface area contributed by atoms with Crippen LogP contribution in [0.1, 0.15) is 44.9 Å². The molecular formula is C14H30N2O. The van der Waals surface area contributed by atoms with Crippen LogP contribution >= 0.6 is 0 Å². The van der Waals surface area contributed by atoms with Crippen LogP contribution in [-0.4, -0.2) is 44.8 Å². The van der Waals surface area contributed by atoms with Crippen LogP contribution in [0.15, 0.2) is 0 Å². The lowest BCUT2D eigenvalue weighted by Crippen LogP contribution is -2.37. The summed E-state index contributed by atoms with van der Waals surface area (Å²) >= 11 is 0. The van der Waals surface area contributed by atoms with Gasteiger partial charge in [0.2, 0.25) is 0 Å². The Kier molecular flexibility index (Phi) is 8.67. The van der Waals surface area contributed by atoms with E-state index in [1.165, 1.54) is 64.6 Å². The van der Waals surface area contributed by atoms with Gasteiger partial charge in [-0.1, -0.05) is 19.3 Å². The average Bonchev–Trinajstić information content (AvgIpc) is 2.35. The topological polar surface area (TPSA) is 38.5 Å². The highest BCUT2D eigenvalue weighted by atomic mass is 16.5. The van der Waals surface area contributed by atoms with Gasteiger partial charge in [-0.05, 0) is 51.2 Å². The van der Waals surface area contributed by atoms with Crippen molar-refractivity contribution in [2.75, 3.05) is 39.9 Å². The third-order valence-corrected chi connectivity index (χ3v) is 3.68. The molecule has 0 spiro atoms. The Morgan fingerprint density at radius 1 is 1.18 bits per heavy atom. The highest BCUT2D eigenvalue weighted by Crippen LogP contribution is 2.17. The average molecular weight is 242 g/mol. The summed E-state index contributed by atoms with van der Waals surface area (Å²) in [7, 11) is 1.82. The van der Waals surface area contributed by atoms with Gasteiger partial charge in [0.1, 0.15) is 0 Å². The molecule has 1 fully saturated rings. The SMILES string of the molecule is COCC1CCCN(CCCCCCCN)C1. The van der Waals surface area contributed by atoms with Gasteiger partial charge in [-0.2, -0.15) is 0 Å². The van der Waals surface area contributed by atoms with Gasteiger partial charge in [-0.15, -0.1) is 0 Å². The molecule has 2 N–H and O–H groups in total. The number of methoxy groups -OCH3 is 1. The van der Waals surface area contributed by atoms with E-state index < -0.39 is 0 Å². The molecule has 17 heavy (non-hydrogen) atoms. The number of hydrogen-bond acceptors (Lipinski definition) is 3. The van der Waals surface area contributed by atoms with Crippen molar-refractivity contribution in [1.29, 1.82) is 0 Å². The standard InChI is InChI=1S/C14H30N2O/c1-17-13-14-8-7-11-16(12-14)10-6-4-2-3-5-9-15/h14H,2-13,15H2,1H3. The van der Waals surface area contributed by atoms with Crippen LogP contribution in [0.4, 0.5) is 0 Å². The third-order valence-electron chi connectivity index (χ3n) is 3.68. The van der Waals surface area contributed by atoms with Crippen LogP contribution in [0.2, 0.25) is 0 Å². The molecule has 0 bridgehead atoms. The van der Waals surface area contributed by atoms with Crippen molar-refractivity contribution in [3.05, 3.63) is 0 Å². The van der Waals surface area contributed by atoms with E-state index in [1.807, 2.05) is 7.11 Å². The summed E-state index contributed by atoms with van der Waals surface area (Å²) in [6.07, 6.45) is 9.27. The molecule has 0 aromatic heterocycles. The summed E-state index contributed by atoms with van der Waals surface area (Å²) in [6.45, 7) is 5.61. The minimum absolute atomic E-state index is 0.769. The first-order valence-electron chi connectivity index (χ1n) is 7.28. The zero-order chi connectivity index (χ0) is 12.3. The first-order chi connectivity index (χ1) is 8.36. The third kappa shape index (κ3) is 7.02. The second-order valence-corrected chi connectivity index (χ2v) is 5.32. The van der Waals surface area contributed by atoms with Crippen molar-refractivity contribution in [2.24, 2.45) is 11.7 Å². The molecule has 1 aliphatic rings. The van der Waals surface area contributed by atoms with Gasteiger partial charge in [0.25, 0.3) is 0 Å². The number of nitrogens with zero attached hydrogens (tertiary/aromatic N) is 1. The molecule has 0 aromatic carbocycles. The minimum Gasteiger partial charge on any atom is -0.384 e. The van der Waals surface area contributed by atoms with Crippen LogP contribution in [0.5, 0.6) is 0 Å². The van der Waals surface area contributed by atoms with Crippen molar-refractivity contribution in [2.45, 2.75) is 44.9 Å². The number of hydrogen-bond donors (Lipinski definition) is 1. The van der Waals surface area contributed by atoms with E-state index in [1.54, 1.807) is 0 Å². The summed E-state index contributed by atoms with van der Waals surface area (Å²) in [5.41, 5.74) is 5.48. The Morgan fingerprint density at radius 3 is 2.71 bits per heavy atom. The lowest BCUT2D eigenvalue weighted by Gasteiger charge is -2.32. The van der Waals surface area contributed by atoms with Gasteiger partial charge in [-0.3, -0.25) is 0 Å². The predicted molar refractivity (Wildman–Crippen MR) is 73.2 cm³/mol. The van der Waals surface area contributed by atoms with E-state index in [4.69, 9.17) is 10.5 Å². The van der Waals surface area contributed by atoms with Crippen molar-refractivity contribution in [3.63, 3.8) is 0 Å². The second kappa shape index (κ2) is 9.86. The zero-order valence-electron chi connectivity index (χ0n) is 11.5. The number of unbranched alkanes of at least 4 members (excludes halogenated alkanes) is 4. The summed E-state index contributed by atoms with van der Waals surface area (Å²) in [5, 5.41) is 0. The van der Waals surface area contributed by atoms with E-state index in [9.17, 15) is 0 Å². The Labute approximate surface area is 107 Å². The molecule has 1 aliphatic heterocycles. The van der Waals surface area contributed by atoms with Crippen LogP contribution in [0.25, 0.3) is 0 Å². The normalized spacial score (nSPS) is 21.9. The largest absolute Gasteiger partial charge is 0.384 e. The highest BCUT2D eigenvalue weighted by Gasteiger charge is 2.18. The molecule has 1 heterocycles. The molecule has 0 aromatic rings. The Balaban J connectivity index is 1.98. The number of likely N-dealkylation sites (tertiary alicyclic amines) is 1. The number of nitrogens with two attached hydrogens (primary N) is 1. The lowest BCUT2D eigenvalue weighted by molar-refractivity contribution is 0.0898. The second-order valence-electron chi connectivity index (χ2n) is 5.32. The van der Waals surface area contributed by atoms with Gasteiger partial charge in [0.05, 0.1) is 6.61 Å². The van der Waals surface area contributed by atoms with Crippen LogP contribution in [0, 0.1) is 5.92 Å². The maximum Gasteiger partial charge on any atom is 0.0502 e. The summed E-state index contributed by atoms with van der Waals surface area (Å²) in [4.78, 5) is 2.62. The molecule has 3 heteroatoms. The van der Waals surface area contributed by atoms with Gasteiger partial charge in [-0.25, -0.2) is 0 Å². The maximum absolute atomic E-state index is 5.48. The number of ether oxygens (including phenoxy) is 1. The zero-order valence-corrected chi connectivity index (χ0v) is 11.5. The molecule has 0 radical (unpaired) electrons. The van der Waals surface area contributed by atoms with E-state index in [0.29, 0.717) is 0 Å². The monoisotopic (exact) mass is 242 g/mol. The summed E-state index contributed by atoms with van der Waals surface area (Å²) < 4.78 is 5.26. The van der Waals surface area contributed by atoms with Gasteiger partial charge in [0.15, 0.2) is 0 Å². The molecule has 102 valence electrons.